The molecule has 4 unspecified atom stereocenters. The molecule has 0 aromatic heterocycles. The van der Waals surface area contributed by atoms with Crippen molar-refractivity contribution in [2.45, 2.75) is 381 Å². The number of carbonyl (C=O) groups is 6. The first-order chi connectivity index (χ1) is 42.3. The molecule has 4 atom stereocenters. The fraction of sp³-hybridized carbons (Fsp3) is 0.913. The highest BCUT2D eigenvalue weighted by molar-refractivity contribution is 5.75. The third-order valence-corrected chi connectivity index (χ3v) is 15.2. The van der Waals surface area contributed by atoms with Crippen molar-refractivity contribution in [1.29, 1.82) is 0 Å². The summed E-state index contributed by atoms with van der Waals surface area (Å²) in [5, 5.41) is 23.7. The summed E-state index contributed by atoms with van der Waals surface area (Å²) >= 11 is 0. The molecule has 19 nitrogen and oxygen atoms in total. The summed E-state index contributed by atoms with van der Waals surface area (Å²) in [6.07, 6.45) is 53.1. The van der Waals surface area contributed by atoms with Gasteiger partial charge in [-0.3, -0.25) is 28.8 Å². The molecule has 0 bridgehead atoms. The maximum atomic E-state index is 12.5. The molecule has 0 fully saturated rings. The van der Waals surface area contributed by atoms with Crippen molar-refractivity contribution < 1.29 is 62.7 Å². The van der Waals surface area contributed by atoms with Gasteiger partial charge in [0.15, 0.2) is 12.2 Å². The molecular weight excluding hydrogens is 1120 g/mol. The Labute approximate surface area is 535 Å². The number of carboxylic acids is 1. The van der Waals surface area contributed by atoms with E-state index in [9.17, 15) is 33.9 Å². The Bertz CT molecular complexity index is 1710. The number of esters is 5. The Morgan fingerprint density at radius 3 is 0.830 bits per heavy atom. The molecule has 0 radical (unpaired) electrons. The Hall–Kier alpha value is -4.60. The molecule has 0 aliphatic carbocycles. The molecule has 0 amide bonds. The van der Waals surface area contributed by atoms with Crippen molar-refractivity contribution >= 4 is 35.8 Å². The van der Waals surface area contributed by atoms with Gasteiger partial charge in [0.25, 0.3) is 0 Å². The predicted octanol–water partition coefficient (Wildman–Crippen LogP) is 20.3. The number of hydrogen-bond acceptors (Lipinski definition) is 14. The van der Waals surface area contributed by atoms with Crippen molar-refractivity contribution in [1.82, 2.24) is 0 Å². The van der Waals surface area contributed by atoms with Crippen LogP contribution in [0, 0.1) is 0 Å². The molecule has 0 rings (SSSR count). The summed E-state index contributed by atoms with van der Waals surface area (Å²) in [6.45, 7) is 10.9. The Kier molecular flexibility index (Phi) is 74.7. The summed E-state index contributed by atoms with van der Waals surface area (Å²) in [6, 6.07) is -1.96. The van der Waals surface area contributed by atoms with Crippen molar-refractivity contribution in [3.63, 3.8) is 0 Å². The van der Waals surface area contributed by atoms with E-state index in [1.54, 1.807) is 0 Å². The Balaban J connectivity index is -0.000000711. The van der Waals surface area contributed by atoms with Crippen LogP contribution in [0.1, 0.15) is 357 Å². The second-order valence-corrected chi connectivity index (χ2v) is 23.6. The molecule has 0 aliphatic rings. The normalized spacial score (nSPS) is 11.9. The van der Waals surface area contributed by atoms with Gasteiger partial charge in [-0.05, 0) is 50.6 Å². The summed E-state index contributed by atoms with van der Waals surface area (Å²) in [5.41, 5.74) is 16.2. The minimum absolute atomic E-state index is 0. The average molecular weight is 1250 g/mol. The van der Waals surface area contributed by atoms with E-state index in [0.29, 0.717) is 19.3 Å². The fourth-order valence-electron chi connectivity index (χ4n) is 9.53. The van der Waals surface area contributed by atoms with Crippen LogP contribution in [0.5, 0.6) is 0 Å². The van der Waals surface area contributed by atoms with Crippen molar-refractivity contribution in [2.75, 3.05) is 26.4 Å². The third kappa shape index (κ3) is 70.5. The van der Waals surface area contributed by atoms with E-state index in [1.807, 2.05) is 0 Å². The maximum absolute atomic E-state index is 12.5. The second-order valence-electron chi connectivity index (χ2n) is 23.6. The van der Waals surface area contributed by atoms with Gasteiger partial charge in [-0.25, -0.2) is 0 Å². The SMILES string of the molecule is C.CC(N=[N+]=[N-])C(=O)O.CCCCCCCCCCCCCC(=O)OCC(CO)OC(=O)CCCCCCCCCCCCC.CCCCCCCCCCCCCC(=O)OCC(COC(=O)C(C)N=[N+]=[N-])OC(=O)CCCCCCCCCCCCC. The highest BCUT2D eigenvalue weighted by Gasteiger charge is 2.22. The standard InChI is InChI=1S/C34H63N3O6.C31H60O5.C3H5N3O2.CH4/c1-4-6-8-10-12-14-16-18-20-22-24-26-32(38)41-28-31(29-42-34(40)30(3)36-37-35)43-33(39)27-25-23-21-19-17-15-13-11-9-7-5-2;1-3-5-7-9-11-13-15-17-19-21-23-25-30(33)35-28-29(27-32)36-31(34)26-24-22-20-18-16-14-12-10-8-6-4-2;1-2(3(7)8)5-6-4;/h30-31H,4-29H2,1-3H3;29,32H,3-28H2,1-2H3;2H,1H3,(H,7,8);1H4. The number of ether oxygens (including phenoxy) is 5. The topological polar surface area (TPSA) is 287 Å². The van der Waals surface area contributed by atoms with Crippen LogP contribution < -0.4 is 0 Å². The van der Waals surface area contributed by atoms with E-state index < -0.39 is 42.2 Å². The Morgan fingerprint density at radius 2 is 0.580 bits per heavy atom. The summed E-state index contributed by atoms with van der Waals surface area (Å²) in [5.74, 6) is -3.17. The molecule has 88 heavy (non-hydrogen) atoms. The summed E-state index contributed by atoms with van der Waals surface area (Å²) in [7, 11) is 0. The number of carbonyl (C=O) groups excluding carboxylic acids is 5. The number of nitrogens with zero attached hydrogens (tertiary/aromatic N) is 6. The summed E-state index contributed by atoms with van der Waals surface area (Å²) in [4.78, 5) is 75.5. The maximum Gasteiger partial charge on any atom is 0.314 e. The average Bonchev–Trinajstić information content (AvgIpc) is 3.54. The number of carboxylic acid groups (broad SMARTS) is 1. The smallest absolute Gasteiger partial charge is 0.314 e. The molecule has 0 saturated heterocycles. The highest BCUT2D eigenvalue weighted by Crippen LogP contribution is 2.17. The van der Waals surface area contributed by atoms with E-state index in [0.717, 1.165) is 77.0 Å². The molecule has 0 aromatic rings. The molecule has 0 aromatic carbocycles. The number of aliphatic hydroxyl groups is 1. The van der Waals surface area contributed by atoms with Gasteiger partial charge < -0.3 is 33.9 Å². The van der Waals surface area contributed by atoms with Gasteiger partial charge in [0.2, 0.25) is 0 Å². The van der Waals surface area contributed by atoms with Crippen molar-refractivity contribution in [3.05, 3.63) is 20.9 Å². The first-order valence-corrected chi connectivity index (χ1v) is 35.0. The van der Waals surface area contributed by atoms with Gasteiger partial charge in [0, 0.05) is 35.5 Å². The lowest BCUT2D eigenvalue weighted by molar-refractivity contribution is -0.167. The number of hydrogen-bond donors (Lipinski definition) is 2. The van der Waals surface area contributed by atoms with Crippen LogP contribution in [0.2, 0.25) is 0 Å². The molecule has 2 N–H and O–H groups in total. The van der Waals surface area contributed by atoms with E-state index in [2.05, 4.69) is 47.7 Å². The minimum Gasteiger partial charge on any atom is -0.481 e. The van der Waals surface area contributed by atoms with Crippen LogP contribution in [0.4, 0.5) is 0 Å². The van der Waals surface area contributed by atoms with Gasteiger partial charge in [-0.2, -0.15) is 0 Å². The van der Waals surface area contributed by atoms with Gasteiger partial charge in [-0.1, -0.05) is 302 Å². The van der Waals surface area contributed by atoms with E-state index in [4.69, 9.17) is 39.9 Å². The van der Waals surface area contributed by atoms with Crippen LogP contribution in [0.15, 0.2) is 10.2 Å². The second kappa shape index (κ2) is 73.1. The third-order valence-electron chi connectivity index (χ3n) is 15.2. The van der Waals surface area contributed by atoms with Gasteiger partial charge in [0.1, 0.15) is 31.9 Å². The first kappa shape index (κ1) is 89.8. The molecule has 0 spiro atoms. The fourth-order valence-corrected chi connectivity index (χ4v) is 9.53. The van der Waals surface area contributed by atoms with Crippen LogP contribution >= 0.6 is 0 Å². The quantitative estimate of drug-likeness (QED) is 0.0143. The number of aliphatic carboxylic acids is 1. The number of aliphatic hydroxyl groups excluding tert-OH is 1. The highest BCUT2D eigenvalue weighted by atomic mass is 16.6. The number of unbranched alkanes of at least 4 members (excludes halogenated alkanes) is 40. The van der Waals surface area contributed by atoms with Crippen LogP contribution in [-0.2, 0) is 52.5 Å². The predicted molar refractivity (Wildman–Crippen MR) is 356 cm³/mol. The van der Waals surface area contributed by atoms with Crippen LogP contribution in [0.3, 0.4) is 0 Å². The minimum atomic E-state index is -1.11. The number of rotatable bonds is 61. The van der Waals surface area contributed by atoms with Crippen molar-refractivity contribution in [3.8, 4) is 0 Å². The molecule has 0 heterocycles. The molecular formula is C69H132N6O13. The van der Waals surface area contributed by atoms with Crippen LogP contribution in [-0.4, -0.2) is 96.7 Å². The van der Waals surface area contributed by atoms with E-state index in [-0.39, 0.29) is 58.2 Å². The zero-order chi connectivity index (χ0) is 64.9. The lowest BCUT2D eigenvalue weighted by atomic mass is 10.1. The van der Waals surface area contributed by atoms with E-state index >= 15 is 0 Å². The van der Waals surface area contributed by atoms with Gasteiger partial charge in [-0.15, -0.1) is 0 Å². The molecule has 516 valence electrons. The zero-order valence-electron chi connectivity index (χ0n) is 56.1. The monoisotopic (exact) mass is 1250 g/mol. The van der Waals surface area contributed by atoms with Crippen molar-refractivity contribution in [2.24, 2.45) is 10.2 Å². The molecule has 19 heteroatoms. The Morgan fingerprint density at radius 1 is 0.352 bits per heavy atom. The summed E-state index contributed by atoms with van der Waals surface area (Å²) < 4.78 is 26.5. The lowest BCUT2D eigenvalue weighted by Gasteiger charge is -2.18. The van der Waals surface area contributed by atoms with Crippen LogP contribution in [0.25, 0.3) is 20.9 Å². The first-order valence-electron chi connectivity index (χ1n) is 35.0. The van der Waals surface area contributed by atoms with Gasteiger partial charge >= 0.3 is 35.8 Å². The number of azide groups is 2. The lowest BCUT2D eigenvalue weighted by Crippen LogP contribution is -2.32. The molecule has 0 aliphatic heterocycles. The van der Waals surface area contributed by atoms with E-state index in [1.165, 1.54) is 219 Å². The zero-order valence-corrected chi connectivity index (χ0v) is 56.1. The largest absolute Gasteiger partial charge is 0.481 e. The molecule has 0 saturated carbocycles. The van der Waals surface area contributed by atoms with Gasteiger partial charge in [0.05, 0.1) is 6.61 Å².